The first-order valence-electron chi connectivity index (χ1n) is 7.52. The second-order valence-corrected chi connectivity index (χ2v) is 5.51. The molecular weight excluding hydrogens is 278 g/mol. The van der Waals surface area contributed by atoms with Crippen LogP contribution in [-0.2, 0) is 0 Å². The minimum Gasteiger partial charge on any atom is -0.371 e. The SMILES string of the molecule is O=C(NC1CCN(c2ccccc2)CC1)c1ccc(=O)[nH]c1. The number of piperidine rings is 1. The normalized spacial score (nSPS) is 15.5. The van der Waals surface area contributed by atoms with Crippen LogP contribution < -0.4 is 15.8 Å². The Labute approximate surface area is 129 Å². The fourth-order valence-electron chi connectivity index (χ4n) is 2.74. The van der Waals surface area contributed by atoms with Gasteiger partial charge in [-0.25, -0.2) is 0 Å². The van der Waals surface area contributed by atoms with Gasteiger partial charge >= 0.3 is 0 Å². The van der Waals surface area contributed by atoms with Crippen molar-refractivity contribution in [2.75, 3.05) is 18.0 Å². The van der Waals surface area contributed by atoms with Crippen LogP contribution in [0.5, 0.6) is 0 Å². The zero-order valence-electron chi connectivity index (χ0n) is 12.3. The maximum atomic E-state index is 12.1. The fraction of sp³-hybridized carbons (Fsp3) is 0.294. The third-order valence-electron chi connectivity index (χ3n) is 4.00. The van der Waals surface area contributed by atoms with E-state index in [2.05, 4.69) is 27.3 Å². The topological polar surface area (TPSA) is 65.2 Å². The minimum absolute atomic E-state index is 0.130. The average molecular weight is 297 g/mol. The molecule has 0 unspecified atom stereocenters. The molecule has 1 saturated heterocycles. The molecule has 0 spiro atoms. The van der Waals surface area contributed by atoms with Crippen molar-refractivity contribution in [2.24, 2.45) is 0 Å². The van der Waals surface area contributed by atoms with Crippen molar-refractivity contribution in [3.05, 3.63) is 64.6 Å². The van der Waals surface area contributed by atoms with Gasteiger partial charge in [-0.05, 0) is 31.0 Å². The Bertz CT molecular complexity index is 668. The molecule has 0 aliphatic carbocycles. The number of amides is 1. The summed E-state index contributed by atoms with van der Waals surface area (Å²) in [5.41, 5.74) is 1.52. The number of nitrogens with zero attached hydrogens (tertiary/aromatic N) is 1. The van der Waals surface area contributed by atoms with E-state index in [9.17, 15) is 9.59 Å². The number of para-hydroxylation sites is 1. The van der Waals surface area contributed by atoms with Crippen molar-refractivity contribution in [2.45, 2.75) is 18.9 Å². The van der Waals surface area contributed by atoms with Crippen LogP contribution >= 0.6 is 0 Å². The first-order chi connectivity index (χ1) is 10.7. The number of hydrogen-bond acceptors (Lipinski definition) is 3. The summed E-state index contributed by atoms with van der Waals surface area (Å²) in [6.07, 6.45) is 3.30. The summed E-state index contributed by atoms with van der Waals surface area (Å²) in [5, 5.41) is 3.04. The molecule has 1 aromatic carbocycles. The number of benzene rings is 1. The second-order valence-electron chi connectivity index (χ2n) is 5.51. The summed E-state index contributed by atoms with van der Waals surface area (Å²) in [5.74, 6) is -0.130. The number of H-pyrrole nitrogens is 1. The number of aromatic nitrogens is 1. The number of carbonyl (C=O) groups is 1. The van der Waals surface area contributed by atoms with E-state index < -0.39 is 0 Å². The minimum atomic E-state index is -0.201. The van der Waals surface area contributed by atoms with Gasteiger partial charge in [0.1, 0.15) is 0 Å². The Morgan fingerprint density at radius 1 is 1.09 bits per heavy atom. The molecule has 5 nitrogen and oxygen atoms in total. The van der Waals surface area contributed by atoms with E-state index in [0.717, 1.165) is 25.9 Å². The Morgan fingerprint density at radius 2 is 1.82 bits per heavy atom. The molecule has 0 saturated carbocycles. The van der Waals surface area contributed by atoms with Gasteiger partial charge in [-0.2, -0.15) is 0 Å². The maximum absolute atomic E-state index is 12.1. The number of pyridine rings is 1. The molecule has 2 N–H and O–H groups in total. The molecule has 0 atom stereocenters. The Hall–Kier alpha value is -2.56. The summed E-state index contributed by atoms with van der Waals surface area (Å²) in [4.78, 5) is 28.0. The summed E-state index contributed by atoms with van der Waals surface area (Å²) in [6.45, 7) is 1.86. The van der Waals surface area contributed by atoms with Gasteiger partial charge in [0.05, 0.1) is 5.56 Å². The van der Waals surface area contributed by atoms with Gasteiger partial charge in [-0.1, -0.05) is 18.2 Å². The fourth-order valence-corrected chi connectivity index (χ4v) is 2.74. The summed E-state index contributed by atoms with van der Waals surface area (Å²) >= 11 is 0. The van der Waals surface area contributed by atoms with Gasteiger partial charge in [-0.3, -0.25) is 9.59 Å². The molecule has 0 bridgehead atoms. The highest BCUT2D eigenvalue weighted by Gasteiger charge is 2.21. The summed E-state index contributed by atoms with van der Waals surface area (Å²) in [7, 11) is 0. The van der Waals surface area contributed by atoms with Crippen LogP contribution in [-0.4, -0.2) is 30.0 Å². The predicted molar refractivity (Wildman–Crippen MR) is 86.2 cm³/mol. The largest absolute Gasteiger partial charge is 0.371 e. The lowest BCUT2D eigenvalue weighted by atomic mass is 10.0. The van der Waals surface area contributed by atoms with Crippen LogP contribution in [0.3, 0.4) is 0 Å². The van der Waals surface area contributed by atoms with Gasteiger partial charge in [0.25, 0.3) is 5.91 Å². The Morgan fingerprint density at radius 3 is 2.45 bits per heavy atom. The van der Waals surface area contributed by atoms with Crippen molar-refractivity contribution in [1.29, 1.82) is 0 Å². The molecule has 22 heavy (non-hydrogen) atoms. The number of rotatable bonds is 3. The van der Waals surface area contributed by atoms with Crippen LogP contribution in [0.25, 0.3) is 0 Å². The molecule has 114 valence electrons. The van der Waals surface area contributed by atoms with Gasteiger partial charge < -0.3 is 15.2 Å². The van der Waals surface area contributed by atoms with Gasteiger partial charge in [0.2, 0.25) is 5.56 Å². The number of anilines is 1. The van der Waals surface area contributed by atoms with E-state index in [1.54, 1.807) is 6.07 Å². The molecule has 5 heteroatoms. The van der Waals surface area contributed by atoms with E-state index in [0.29, 0.717) is 5.56 Å². The van der Waals surface area contributed by atoms with E-state index in [-0.39, 0.29) is 17.5 Å². The lowest BCUT2D eigenvalue weighted by molar-refractivity contribution is 0.0930. The lowest BCUT2D eigenvalue weighted by Crippen LogP contribution is -2.44. The van der Waals surface area contributed by atoms with Crippen LogP contribution in [0, 0.1) is 0 Å². The van der Waals surface area contributed by atoms with Crippen molar-refractivity contribution in [1.82, 2.24) is 10.3 Å². The first kappa shape index (κ1) is 14.4. The molecule has 1 aromatic heterocycles. The van der Waals surface area contributed by atoms with Crippen LogP contribution in [0.1, 0.15) is 23.2 Å². The van der Waals surface area contributed by atoms with E-state index in [1.807, 2.05) is 18.2 Å². The quantitative estimate of drug-likeness (QED) is 0.907. The monoisotopic (exact) mass is 297 g/mol. The second kappa shape index (κ2) is 6.47. The molecule has 0 radical (unpaired) electrons. The van der Waals surface area contributed by atoms with E-state index >= 15 is 0 Å². The van der Waals surface area contributed by atoms with Crippen LogP contribution in [0.4, 0.5) is 5.69 Å². The van der Waals surface area contributed by atoms with E-state index in [1.165, 1.54) is 18.0 Å². The molecule has 1 amide bonds. The Kier molecular flexibility index (Phi) is 4.23. The summed E-state index contributed by atoms with van der Waals surface area (Å²) in [6, 6.07) is 13.4. The highest BCUT2D eigenvalue weighted by molar-refractivity contribution is 5.94. The Balaban J connectivity index is 1.54. The van der Waals surface area contributed by atoms with Gasteiger partial charge in [0.15, 0.2) is 0 Å². The molecule has 1 aliphatic heterocycles. The zero-order valence-corrected chi connectivity index (χ0v) is 12.3. The van der Waals surface area contributed by atoms with Crippen molar-refractivity contribution >= 4 is 11.6 Å². The average Bonchev–Trinajstić information content (AvgIpc) is 2.57. The van der Waals surface area contributed by atoms with Crippen molar-refractivity contribution in [3.63, 3.8) is 0 Å². The van der Waals surface area contributed by atoms with Gasteiger partial charge in [-0.15, -0.1) is 0 Å². The van der Waals surface area contributed by atoms with Crippen molar-refractivity contribution in [3.8, 4) is 0 Å². The van der Waals surface area contributed by atoms with Crippen LogP contribution in [0.15, 0.2) is 53.5 Å². The molecule has 3 rings (SSSR count). The number of carbonyl (C=O) groups excluding carboxylic acids is 1. The highest BCUT2D eigenvalue weighted by atomic mass is 16.2. The third-order valence-corrected chi connectivity index (χ3v) is 4.00. The molecule has 2 heterocycles. The third kappa shape index (κ3) is 3.36. The molecular formula is C17H19N3O2. The van der Waals surface area contributed by atoms with Crippen molar-refractivity contribution < 1.29 is 4.79 Å². The van der Waals surface area contributed by atoms with E-state index in [4.69, 9.17) is 0 Å². The summed E-state index contributed by atoms with van der Waals surface area (Å²) < 4.78 is 0. The predicted octanol–water partition coefficient (Wildman–Crippen LogP) is 1.77. The maximum Gasteiger partial charge on any atom is 0.252 e. The molecule has 1 fully saturated rings. The number of hydrogen-bond donors (Lipinski definition) is 2. The molecule has 2 aromatic rings. The zero-order chi connectivity index (χ0) is 15.4. The molecule has 1 aliphatic rings. The smallest absolute Gasteiger partial charge is 0.252 e. The lowest BCUT2D eigenvalue weighted by Gasteiger charge is -2.34. The standard InChI is InChI=1S/C17H19N3O2/c21-16-7-6-13(12-18-16)17(22)19-14-8-10-20(11-9-14)15-4-2-1-3-5-15/h1-7,12,14H,8-11H2,(H,18,21)(H,19,22). The first-order valence-corrected chi connectivity index (χ1v) is 7.52. The number of aromatic amines is 1. The van der Waals surface area contributed by atoms with Crippen LogP contribution in [0.2, 0.25) is 0 Å². The van der Waals surface area contributed by atoms with Gasteiger partial charge in [0, 0.05) is 37.1 Å². The number of nitrogens with one attached hydrogen (secondary N) is 2. The highest BCUT2D eigenvalue weighted by Crippen LogP contribution is 2.19.